The molecule has 9 nitrogen and oxygen atoms in total. The quantitative estimate of drug-likeness (QED) is 0.163. The molecule has 5 rings (SSSR count). The highest BCUT2D eigenvalue weighted by Gasteiger charge is 2.33. The molecular formula is C30H24ClN3O6S. The first kappa shape index (κ1) is 28.0. The van der Waals surface area contributed by atoms with Crippen molar-refractivity contribution in [3.05, 3.63) is 136 Å². The molecule has 41 heavy (non-hydrogen) atoms. The number of nitro groups is 1. The van der Waals surface area contributed by atoms with Crippen LogP contribution < -0.4 is 19.6 Å². The first-order valence-electron chi connectivity index (χ1n) is 12.7. The molecule has 0 N–H and O–H groups in total. The minimum absolute atomic E-state index is 0.0233. The van der Waals surface area contributed by atoms with Crippen molar-refractivity contribution in [3.63, 3.8) is 0 Å². The van der Waals surface area contributed by atoms with Crippen LogP contribution in [-0.4, -0.2) is 22.1 Å². The number of carbonyl (C=O) groups is 1. The lowest BCUT2D eigenvalue weighted by Gasteiger charge is -2.24. The Balaban J connectivity index is 1.44. The molecular weight excluding hydrogens is 566 g/mol. The van der Waals surface area contributed by atoms with Gasteiger partial charge in [-0.1, -0.05) is 47.2 Å². The number of halogens is 1. The largest absolute Gasteiger partial charge is 0.489 e. The zero-order valence-corrected chi connectivity index (χ0v) is 23.6. The van der Waals surface area contributed by atoms with E-state index in [1.165, 1.54) is 28.0 Å². The van der Waals surface area contributed by atoms with E-state index in [0.717, 1.165) is 11.1 Å². The molecule has 0 amide bonds. The van der Waals surface area contributed by atoms with Crippen molar-refractivity contribution in [3.8, 4) is 5.75 Å². The van der Waals surface area contributed by atoms with Gasteiger partial charge in [-0.3, -0.25) is 19.5 Å². The van der Waals surface area contributed by atoms with Gasteiger partial charge in [-0.15, -0.1) is 0 Å². The van der Waals surface area contributed by atoms with E-state index in [1.54, 1.807) is 68.5 Å². The normalized spacial score (nSPS) is 14.8. The fourth-order valence-corrected chi connectivity index (χ4v) is 5.62. The van der Waals surface area contributed by atoms with Gasteiger partial charge in [0, 0.05) is 17.2 Å². The molecule has 3 aromatic carbocycles. The number of fused-ring (bicyclic) bond motifs is 1. The van der Waals surface area contributed by atoms with E-state index in [4.69, 9.17) is 21.1 Å². The van der Waals surface area contributed by atoms with E-state index >= 15 is 0 Å². The molecule has 0 bridgehead atoms. The number of hydrogen-bond donors (Lipinski definition) is 0. The summed E-state index contributed by atoms with van der Waals surface area (Å²) in [6.07, 6.45) is 1.77. The number of nitrogens with zero attached hydrogens (tertiary/aromatic N) is 3. The van der Waals surface area contributed by atoms with Crippen molar-refractivity contribution in [1.82, 2.24) is 4.57 Å². The summed E-state index contributed by atoms with van der Waals surface area (Å²) in [7, 11) is 0. The van der Waals surface area contributed by atoms with Crippen LogP contribution in [0.3, 0.4) is 0 Å². The zero-order valence-electron chi connectivity index (χ0n) is 22.1. The summed E-state index contributed by atoms with van der Waals surface area (Å²) in [5, 5.41) is 11.4. The predicted octanol–water partition coefficient (Wildman–Crippen LogP) is 4.94. The summed E-state index contributed by atoms with van der Waals surface area (Å²) in [5.74, 6) is 0.0895. The van der Waals surface area contributed by atoms with Crippen molar-refractivity contribution in [2.24, 2.45) is 4.99 Å². The molecule has 0 unspecified atom stereocenters. The van der Waals surface area contributed by atoms with Gasteiger partial charge in [0.15, 0.2) is 4.80 Å². The maximum Gasteiger partial charge on any atom is 0.338 e. The Labute approximate surface area is 243 Å². The van der Waals surface area contributed by atoms with Gasteiger partial charge in [-0.25, -0.2) is 9.79 Å². The Hall–Kier alpha value is -4.54. The maximum atomic E-state index is 13.7. The predicted molar refractivity (Wildman–Crippen MR) is 156 cm³/mol. The van der Waals surface area contributed by atoms with E-state index < -0.39 is 16.9 Å². The third-order valence-corrected chi connectivity index (χ3v) is 7.67. The average Bonchev–Trinajstić information content (AvgIpc) is 3.26. The molecule has 11 heteroatoms. The van der Waals surface area contributed by atoms with Crippen LogP contribution in [0.5, 0.6) is 5.75 Å². The van der Waals surface area contributed by atoms with Crippen LogP contribution in [0.25, 0.3) is 6.08 Å². The van der Waals surface area contributed by atoms with E-state index in [0.29, 0.717) is 36.9 Å². The molecule has 1 aliphatic rings. The third kappa shape index (κ3) is 5.98. The second kappa shape index (κ2) is 11.9. The topological polar surface area (TPSA) is 113 Å². The summed E-state index contributed by atoms with van der Waals surface area (Å²) in [4.78, 5) is 42.1. The van der Waals surface area contributed by atoms with Crippen molar-refractivity contribution in [1.29, 1.82) is 0 Å². The number of benzene rings is 3. The molecule has 0 spiro atoms. The number of nitro benzene ring substituents is 1. The molecule has 1 aromatic heterocycles. The van der Waals surface area contributed by atoms with Crippen molar-refractivity contribution in [2.45, 2.75) is 26.5 Å². The van der Waals surface area contributed by atoms with Crippen molar-refractivity contribution < 1.29 is 19.2 Å². The average molecular weight is 590 g/mol. The van der Waals surface area contributed by atoms with Crippen LogP contribution in [0.15, 0.2) is 93.9 Å². The van der Waals surface area contributed by atoms with Gasteiger partial charge in [-0.05, 0) is 73.0 Å². The van der Waals surface area contributed by atoms with Gasteiger partial charge >= 0.3 is 5.97 Å². The van der Waals surface area contributed by atoms with Crippen LogP contribution in [0, 0.1) is 10.1 Å². The Morgan fingerprint density at radius 3 is 2.41 bits per heavy atom. The highest BCUT2D eigenvalue weighted by Crippen LogP contribution is 2.31. The monoisotopic (exact) mass is 589 g/mol. The van der Waals surface area contributed by atoms with Gasteiger partial charge in [0.25, 0.3) is 11.2 Å². The van der Waals surface area contributed by atoms with Gasteiger partial charge in [-0.2, -0.15) is 0 Å². The summed E-state index contributed by atoms with van der Waals surface area (Å²) in [6.45, 7) is 3.91. The lowest BCUT2D eigenvalue weighted by molar-refractivity contribution is -0.384. The second-order valence-electron chi connectivity index (χ2n) is 9.14. The van der Waals surface area contributed by atoms with Crippen LogP contribution >= 0.6 is 22.9 Å². The minimum atomic E-state index is -0.708. The van der Waals surface area contributed by atoms with Gasteiger partial charge in [0.2, 0.25) is 0 Å². The number of ether oxygens (including phenoxy) is 2. The summed E-state index contributed by atoms with van der Waals surface area (Å²) in [5.41, 5.74) is 2.84. The number of thiazole rings is 1. The van der Waals surface area contributed by atoms with E-state index in [2.05, 4.69) is 4.99 Å². The molecule has 208 valence electrons. The zero-order chi connectivity index (χ0) is 29.1. The van der Waals surface area contributed by atoms with Crippen molar-refractivity contribution in [2.75, 3.05) is 6.61 Å². The molecule has 1 aliphatic heterocycles. The fourth-order valence-electron chi connectivity index (χ4n) is 4.44. The fraction of sp³-hybridized carbons (Fsp3) is 0.167. The number of carbonyl (C=O) groups excluding carboxylic acids is 1. The second-order valence-corrected chi connectivity index (χ2v) is 10.6. The van der Waals surface area contributed by atoms with Gasteiger partial charge < -0.3 is 9.47 Å². The summed E-state index contributed by atoms with van der Waals surface area (Å²) < 4.78 is 13.1. The first-order chi connectivity index (χ1) is 19.7. The van der Waals surface area contributed by atoms with Gasteiger partial charge in [0.1, 0.15) is 12.4 Å². The number of rotatable bonds is 8. The summed E-state index contributed by atoms with van der Waals surface area (Å²) >= 11 is 7.35. The smallest absolute Gasteiger partial charge is 0.338 e. The summed E-state index contributed by atoms with van der Waals surface area (Å²) in [6, 6.07) is 19.7. The van der Waals surface area contributed by atoms with E-state index in [9.17, 15) is 19.7 Å². The Morgan fingerprint density at radius 1 is 1.10 bits per heavy atom. The molecule has 4 aromatic rings. The van der Waals surface area contributed by atoms with Gasteiger partial charge in [0.05, 0.1) is 33.4 Å². The van der Waals surface area contributed by atoms with E-state index in [-0.39, 0.29) is 24.5 Å². The minimum Gasteiger partial charge on any atom is -0.489 e. The Kier molecular flexibility index (Phi) is 8.14. The highest BCUT2D eigenvalue weighted by molar-refractivity contribution is 7.07. The molecule has 0 saturated heterocycles. The van der Waals surface area contributed by atoms with Crippen LogP contribution in [0.1, 0.15) is 36.6 Å². The lowest BCUT2D eigenvalue weighted by Crippen LogP contribution is -2.39. The number of esters is 1. The van der Waals surface area contributed by atoms with Crippen LogP contribution in [0.2, 0.25) is 5.02 Å². The van der Waals surface area contributed by atoms with Crippen LogP contribution in [-0.2, 0) is 16.1 Å². The molecule has 2 heterocycles. The highest BCUT2D eigenvalue weighted by atomic mass is 35.5. The SMILES string of the molecule is CCOC(=O)C1=C(C)N=c2s/c(=C\c3ccc(OCc4ccc([N+](=O)[O-])cc4)cc3)c(=O)n2[C@@H]1c1ccc(Cl)cc1. The Bertz CT molecular complexity index is 1830. The molecule has 0 fully saturated rings. The molecule has 1 atom stereocenters. The standard InChI is InChI=1S/C30H24ClN3O6S/c1-3-39-29(36)26-18(2)32-30-33(27(26)21-8-10-22(31)11-9-21)28(35)25(41-30)16-19-6-14-24(15-7-19)40-17-20-4-12-23(13-5-20)34(37)38/h4-16,27H,3,17H2,1-2H3/b25-16-/t27-/m1/s1. The Morgan fingerprint density at radius 2 is 1.78 bits per heavy atom. The first-order valence-corrected chi connectivity index (χ1v) is 13.9. The van der Waals surface area contributed by atoms with E-state index in [1.807, 2.05) is 12.1 Å². The number of aromatic nitrogens is 1. The van der Waals surface area contributed by atoms with Crippen molar-refractivity contribution >= 4 is 40.7 Å². The number of hydrogen-bond acceptors (Lipinski definition) is 8. The van der Waals surface area contributed by atoms with Crippen LogP contribution in [0.4, 0.5) is 5.69 Å². The molecule has 0 aliphatic carbocycles. The third-order valence-electron chi connectivity index (χ3n) is 6.43. The maximum absolute atomic E-state index is 13.7. The molecule has 0 radical (unpaired) electrons. The lowest BCUT2D eigenvalue weighted by atomic mass is 9.96. The number of allylic oxidation sites excluding steroid dienone is 1. The number of non-ortho nitro benzene ring substituents is 1. The molecule has 0 saturated carbocycles.